The lowest BCUT2D eigenvalue weighted by molar-refractivity contribution is -0.136. The first-order valence-corrected chi connectivity index (χ1v) is 11.1. The molecule has 0 aromatic carbocycles. The van der Waals surface area contributed by atoms with E-state index in [4.69, 9.17) is 4.74 Å². The minimum atomic E-state index is -3.11. The molecule has 9 nitrogen and oxygen atoms in total. The number of aromatic nitrogens is 3. The van der Waals surface area contributed by atoms with Gasteiger partial charge >= 0.3 is 5.97 Å². The van der Waals surface area contributed by atoms with E-state index >= 15 is 0 Å². The molecule has 1 fully saturated rings. The van der Waals surface area contributed by atoms with Crippen molar-refractivity contribution in [2.24, 2.45) is 0 Å². The highest BCUT2D eigenvalue weighted by Crippen LogP contribution is 2.19. The van der Waals surface area contributed by atoms with Crippen molar-refractivity contribution in [2.45, 2.75) is 39.2 Å². The number of hydrogen-bond acceptors (Lipinski definition) is 7. The van der Waals surface area contributed by atoms with Crippen LogP contribution in [0, 0.1) is 6.92 Å². The van der Waals surface area contributed by atoms with Crippen molar-refractivity contribution in [2.75, 3.05) is 24.7 Å². The Balaban J connectivity index is 1.65. The van der Waals surface area contributed by atoms with Gasteiger partial charge in [-0.2, -0.15) is 0 Å². The van der Waals surface area contributed by atoms with Crippen LogP contribution >= 0.6 is 0 Å². The van der Waals surface area contributed by atoms with Gasteiger partial charge in [0.05, 0.1) is 17.1 Å². The van der Waals surface area contributed by atoms with Crippen LogP contribution in [0.3, 0.4) is 0 Å². The third kappa shape index (κ3) is 4.49. The van der Waals surface area contributed by atoms with Crippen molar-refractivity contribution in [3.8, 4) is 0 Å². The van der Waals surface area contributed by atoms with E-state index < -0.39 is 22.4 Å². The summed E-state index contributed by atoms with van der Waals surface area (Å²) < 4.78 is 30.4. The number of nitrogens with zero attached hydrogens (tertiary/aromatic N) is 4. The smallest absolute Gasteiger partial charge is 0.340 e. The maximum absolute atomic E-state index is 12.6. The third-order valence-corrected chi connectivity index (χ3v) is 6.61. The molecule has 3 rings (SSSR count). The number of rotatable bonds is 7. The van der Waals surface area contributed by atoms with Crippen molar-refractivity contribution >= 4 is 27.4 Å². The molecule has 0 bridgehead atoms. The van der Waals surface area contributed by atoms with E-state index in [9.17, 15) is 18.0 Å². The van der Waals surface area contributed by atoms with E-state index in [0.717, 1.165) is 12.8 Å². The summed E-state index contributed by atoms with van der Waals surface area (Å²) in [6.07, 6.45) is 3.63. The van der Waals surface area contributed by atoms with Gasteiger partial charge in [-0.15, -0.1) is 10.2 Å². The van der Waals surface area contributed by atoms with Gasteiger partial charge in [0.25, 0.3) is 5.91 Å². The number of esters is 1. The molecule has 0 saturated carbocycles. The Labute approximate surface area is 163 Å². The van der Waals surface area contributed by atoms with Crippen molar-refractivity contribution in [3.63, 3.8) is 0 Å². The highest BCUT2D eigenvalue weighted by molar-refractivity contribution is 7.91. The Bertz CT molecular complexity index is 985. The van der Waals surface area contributed by atoms with Crippen LogP contribution in [-0.2, 0) is 19.4 Å². The molecule has 28 heavy (non-hydrogen) atoms. The Hall–Kier alpha value is -2.49. The predicted molar refractivity (Wildman–Crippen MR) is 102 cm³/mol. The summed E-state index contributed by atoms with van der Waals surface area (Å²) in [5, 5.41) is 7.88. The lowest BCUT2D eigenvalue weighted by atomic mass is 10.2. The van der Waals surface area contributed by atoms with Gasteiger partial charge in [0.1, 0.15) is 5.82 Å². The fraction of sp³-hybridized carbons (Fsp3) is 0.556. The normalized spacial score (nSPS) is 18.3. The van der Waals surface area contributed by atoms with Gasteiger partial charge in [0, 0.05) is 18.8 Å². The molecule has 1 atom stereocenters. The van der Waals surface area contributed by atoms with Gasteiger partial charge < -0.3 is 9.64 Å². The van der Waals surface area contributed by atoms with E-state index in [-0.39, 0.29) is 29.0 Å². The molecule has 2 aromatic heterocycles. The minimum absolute atomic E-state index is 0.0278. The average Bonchev–Trinajstić information content (AvgIpc) is 3.22. The van der Waals surface area contributed by atoms with Gasteiger partial charge in [0.15, 0.2) is 22.1 Å². The average molecular weight is 408 g/mol. The second-order valence-electron chi connectivity index (χ2n) is 6.97. The van der Waals surface area contributed by atoms with Crippen LogP contribution in [0.2, 0.25) is 0 Å². The second kappa shape index (κ2) is 8.26. The molecule has 0 spiro atoms. The molecule has 10 heteroatoms. The first-order chi connectivity index (χ1) is 13.3. The highest BCUT2D eigenvalue weighted by atomic mass is 32.2. The molecule has 0 aliphatic carbocycles. The molecule has 1 saturated heterocycles. The van der Waals surface area contributed by atoms with Gasteiger partial charge in [-0.1, -0.05) is 13.3 Å². The quantitative estimate of drug-likeness (QED) is 0.629. The number of unbranched alkanes of at least 4 members (excludes halogenated alkanes) is 1. The molecule has 0 radical (unpaired) electrons. The van der Waals surface area contributed by atoms with E-state index in [1.807, 2.05) is 6.92 Å². The zero-order chi connectivity index (χ0) is 20.3. The number of aryl methyl sites for hydroxylation is 1. The van der Waals surface area contributed by atoms with Gasteiger partial charge in [-0.25, -0.2) is 13.2 Å². The minimum Gasteiger partial charge on any atom is -0.452 e. The Morgan fingerprint density at radius 1 is 1.32 bits per heavy atom. The van der Waals surface area contributed by atoms with Gasteiger partial charge in [-0.3, -0.25) is 9.20 Å². The summed E-state index contributed by atoms with van der Waals surface area (Å²) in [6, 6.07) is 2.86. The summed E-state index contributed by atoms with van der Waals surface area (Å²) in [6.45, 7) is 3.80. The van der Waals surface area contributed by atoms with Crippen molar-refractivity contribution in [3.05, 3.63) is 29.7 Å². The summed E-state index contributed by atoms with van der Waals surface area (Å²) in [5.41, 5.74) is 0.894. The Kier molecular flexibility index (Phi) is 5.97. The Morgan fingerprint density at radius 3 is 2.79 bits per heavy atom. The zero-order valence-electron chi connectivity index (χ0n) is 16.0. The fourth-order valence-electron chi connectivity index (χ4n) is 3.28. The Morgan fingerprint density at radius 2 is 2.11 bits per heavy atom. The largest absolute Gasteiger partial charge is 0.452 e. The van der Waals surface area contributed by atoms with Gasteiger partial charge in [-0.05, 0) is 31.9 Å². The number of carbonyl (C=O) groups excluding carboxylic acids is 2. The SMILES string of the molecule is CCCCN(C(=O)COC(=O)c1ccc2nnc(C)n2c1)C1CCS(=O)(=O)C1. The number of pyridine rings is 1. The van der Waals surface area contributed by atoms with Gasteiger partial charge in [0.2, 0.25) is 0 Å². The van der Waals surface area contributed by atoms with Crippen LogP contribution in [0.5, 0.6) is 0 Å². The van der Waals surface area contributed by atoms with Crippen molar-refractivity contribution < 1.29 is 22.7 Å². The lowest BCUT2D eigenvalue weighted by Gasteiger charge is -2.28. The van der Waals surface area contributed by atoms with Crippen LogP contribution in [0.4, 0.5) is 0 Å². The van der Waals surface area contributed by atoms with Crippen LogP contribution in [-0.4, -0.2) is 70.5 Å². The molecule has 152 valence electrons. The number of amides is 1. The number of carbonyl (C=O) groups is 2. The van der Waals surface area contributed by atoms with Crippen LogP contribution in [0.15, 0.2) is 18.3 Å². The molecular formula is C18H24N4O5S. The molecule has 1 aliphatic rings. The first-order valence-electron chi connectivity index (χ1n) is 9.29. The first kappa shape index (κ1) is 20.2. The predicted octanol–water partition coefficient (Wildman–Crippen LogP) is 1.01. The zero-order valence-corrected chi connectivity index (χ0v) is 16.8. The van der Waals surface area contributed by atoms with Crippen molar-refractivity contribution in [1.82, 2.24) is 19.5 Å². The molecule has 1 unspecified atom stereocenters. The van der Waals surface area contributed by atoms with E-state index in [0.29, 0.717) is 24.4 Å². The molecule has 2 aromatic rings. The standard InChI is InChI=1S/C18H24N4O5S/c1-3-4-8-21(15-7-9-28(25,26)12-15)17(23)11-27-18(24)14-5-6-16-20-19-13(2)22(16)10-14/h5-6,10,15H,3-4,7-9,11-12H2,1-2H3. The second-order valence-corrected chi connectivity index (χ2v) is 9.20. The monoisotopic (exact) mass is 408 g/mol. The third-order valence-electron chi connectivity index (χ3n) is 4.86. The maximum Gasteiger partial charge on any atom is 0.340 e. The molecule has 0 N–H and O–H groups in total. The van der Waals surface area contributed by atoms with E-state index in [2.05, 4.69) is 10.2 Å². The summed E-state index contributed by atoms with van der Waals surface area (Å²) >= 11 is 0. The molecule has 1 amide bonds. The summed E-state index contributed by atoms with van der Waals surface area (Å²) in [5.74, 6) is -0.303. The summed E-state index contributed by atoms with van der Waals surface area (Å²) in [7, 11) is -3.11. The highest BCUT2D eigenvalue weighted by Gasteiger charge is 2.34. The van der Waals surface area contributed by atoms with Crippen LogP contribution in [0.1, 0.15) is 42.4 Å². The topological polar surface area (TPSA) is 111 Å². The number of ether oxygens (including phenoxy) is 1. The lowest BCUT2D eigenvalue weighted by Crippen LogP contribution is -2.43. The number of sulfone groups is 1. The molecular weight excluding hydrogens is 384 g/mol. The number of fused-ring (bicyclic) bond motifs is 1. The molecule has 1 aliphatic heterocycles. The van der Waals surface area contributed by atoms with E-state index in [1.165, 1.54) is 0 Å². The van der Waals surface area contributed by atoms with E-state index in [1.54, 1.807) is 34.6 Å². The van der Waals surface area contributed by atoms with Crippen LogP contribution in [0.25, 0.3) is 5.65 Å². The molecule has 3 heterocycles. The fourth-order valence-corrected chi connectivity index (χ4v) is 5.01. The van der Waals surface area contributed by atoms with Crippen molar-refractivity contribution in [1.29, 1.82) is 0 Å². The number of hydrogen-bond donors (Lipinski definition) is 0. The summed E-state index contributed by atoms with van der Waals surface area (Å²) in [4.78, 5) is 26.5. The maximum atomic E-state index is 12.6. The van der Waals surface area contributed by atoms with Crippen LogP contribution < -0.4 is 0 Å².